The predicted molar refractivity (Wildman–Crippen MR) is 104 cm³/mol. The third kappa shape index (κ3) is 3.40. The van der Waals surface area contributed by atoms with Gasteiger partial charge in [0.15, 0.2) is 5.82 Å². The van der Waals surface area contributed by atoms with Crippen molar-refractivity contribution in [2.24, 2.45) is 0 Å². The molecular weight excluding hydrogens is 399 g/mol. The van der Waals surface area contributed by atoms with E-state index in [2.05, 4.69) is 15.1 Å². The molecule has 0 bridgehead atoms. The lowest BCUT2D eigenvalue weighted by Crippen LogP contribution is -2.29. The van der Waals surface area contributed by atoms with E-state index in [1.165, 1.54) is 10.8 Å². The van der Waals surface area contributed by atoms with Gasteiger partial charge in [-0.15, -0.1) is 0 Å². The first-order chi connectivity index (χ1) is 14.3. The first-order valence-electron chi connectivity index (χ1n) is 9.01. The second-order valence-corrected chi connectivity index (χ2v) is 6.80. The fourth-order valence-electron chi connectivity index (χ4n) is 3.34. The van der Waals surface area contributed by atoms with E-state index in [1.54, 1.807) is 19.1 Å². The van der Waals surface area contributed by atoms with E-state index in [4.69, 9.17) is 10.3 Å². The number of pyridine rings is 1. The number of nitrogen functional groups attached to an aromatic ring is 1. The van der Waals surface area contributed by atoms with Crippen molar-refractivity contribution in [3.05, 3.63) is 70.3 Å². The second kappa shape index (κ2) is 7.29. The van der Waals surface area contributed by atoms with Crippen LogP contribution in [0.1, 0.15) is 24.2 Å². The van der Waals surface area contributed by atoms with E-state index in [1.807, 2.05) is 30.3 Å². The molecule has 0 aliphatic heterocycles. The maximum absolute atomic E-state index is 13.4. The number of nitrogens with zero attached hydrogens (tertiary/aromatic N) is 4. The zero-order valence-electron chi connectivity index (χ0n) is 15.7. The molecule has 4 rings (SSSR count). The van der Waals surface area contributed by atoms with Crippen LogP contribution in [-0.2, 0) is 12.6 Å². The summed E-state index contributed by atoms with van der Waals surface area (Å²) in [4.78, 5) is 21.6. The normalized spacial score (nSPS) is 12.9. The molecule has 154 valence electrons. The highest BCUT2D eigenvalue weighted by molar-refractivity contribution is 5.79. The van der Waals surface area contributed by atoms with Crippen molar-refractivity contribution in [3.8, 4) is 11.5 Å². The monoisotopic (exact) mass is 415 g/mol. The molecule has 3 aromatic heterocycles. The Morgan fingerprint density at radius 2 is 1.90 bits per heavy atom. The molecule has 0 aliphatic rings. The molecule has 3 heterocycles. The smallest absolute Gasteiger partial charge is 0.397 e. The second-order valence-electron chi connectivity index (χ2n) is 6.80. The molecule has 0 saturated heterocycles. The number of aromatic nitrogens is 4. The number of nitrogens with two attached hydrogens (primary N) is 1. The van der Waals surface area contributed by atoms with Gasteiger partial charge in [-0.3, -0.25) is 14.3 Å². The third-order valence-corrected chi connectivity index (χ3v) is 4.68. The van der Waals surface area contributed by atoms with Gasteiger partial charge in [-0.1, -0.05) is 35.5 Å². The molecule has 10 heteroatoms. The minimum Gasteiger partial charge on any atom is -0.397 e. The van der Waals surface area contributed by atoms with Gasteiger partial charge in [-0.05, 0) is 31.0 Å². The number of hydrogen-bond donors (Lipinski definition) is 1. The van der Waals surface area contributed by atoms with Gasteiger partial charge >= 0.3 is 6.18 Å². The van der Waals surface area contributed by atoms with Gasteiger partial charge in [0.2, 0.25) is 5.69 Å². The van der Waals surface area contributed by atoms with E-state index < -0.39 is 34.6 Å². The molecule has 30 heavy (non-hydrogen) atoms. The van der Waals surface area contributed by atoms with Gasteiger partial charge in [-0.2, -0.15) is 18.2 Å². The molecule has 0 spiro atoms. The molecule has 2 N–H and O–H groups in total. The summed E-state index contributed by atoms with van der Waals surface area (Å²) in [6, 6.07) is 11.9. The Hall–Kier alpha value is -3.69. The van der Waals surface area contributed by atoms with Crippen molar-refractivity contribution in [1.29, 1.82) is 0 Å². The molecule has 7 nitrogen and oxygen atoms in total. The van der Waals surface area contributed by atoms with Crippen LogP contribution < -0.4 is 11.3 Å². The molecule has 0 amide bonds. The van der Waals surface area contributed by atoms with Gasteiger partial charge in [-0.25, -0.2) is 0 Å². The lowest BCUT2D eigenvalue weighted by atomic mass is 10.1. The Morgan fingerprint density at radius 1 is 1.17 bits per heavy atom. The summed E-state index contributed by atoms with van der Waals surface area (Å²) in [5, 5.41) is 2.32. The molecule has 0 saturated carbocycles. The van der Waals surface area contributed by atoms with Gasteiger partial charge in [0.1, 0.15) is 11.1 Å². The van der Waals surface area contributed by atoms with Gasteiger partial charge < -0.3 is 10.3 Å². The highest BCUT2D eigenvalue weighted by Crippen LogP contribution is 2.33. The summed E-state index contributed by atoms with van der Waals surface area (Å²) in [6.45, 7) is 1.71. The Kier molecular flexibility index (Phi) is 4.76. The minimum atomic E-state index is -4.86. The molecule has 0 radical (unpaired) electrons. The van der Waals surface area contributed by atoms with E-state index in [0.717, 1.165) is 5.56 Å². The van der Waals surface area contributed by atoms with Crippen molar-refractivity contribution in [2.75, 3.05) is 5.73 Å². The van der Waals surface area contributed by atoms with Gasteiger partial charge in [0, 0.05) is 12.2 Å². The fraction of sp³-hybridized carbons (Fsp3) is 0.200. The summed E-state index contributed by atoms with van der Waals surface area (Å²) in [7, 11) is 0. The average molecular weight is 415 g/mol. The summed E-state index contributed by atoms with van der Waals surface area (Å²) >= 11 is 0. The zero-order chi connectivity index (χ0) is 21.5. The third-order valence-electron chi connectivity index (χ3n) is 4.68. The van der Waals surface area contributed by atoms with Crippen molar-refractivity contribution in [2.45, 2.75) is 25.6 Å². The number of alkyl halides is 3. The van der Waals surface area contributed by atoms with Crippen LogP contribution in [0, 0.1) is 0 Å². The van der Waals surface area contributed by atoms with Gasteiger partial charge in [0.25, 0.3) is 11.3 Å². The van der Waals surface area contributed by atoms with Crippen molar-refractivity contribution < 1.29 is 17.7 Å². The standard InChI is InChI=1S/C20H16F3N5O2/c1-11(10-12-6-3-2-4-7-12)28-17(15-13(24)8-5-9-25-15)26-18-14(19(28)29)16(27-30-18)20(21,22)23/h2-9,11H,10,24H2,1H3. The van der Waals surface area contributed by atoms with Crippen LogP contribution >= 0.6 is 0 Å². The van der Waals surface area contributed by atoms with E-state index in [9.17, 15) is 18.0 Å². The maximum Gasteiger partial charge on any atom is 0.437 e. The van der Waals surface area contributed by atoms with Crippen LogP contribution in [0.4, 0.5) is 18.9 Å². The van der Waals surface area contributed by atoms with E-state index in [-0.39, 0.29) is 17.2 Å². The van der Waals surface area contributed by atoms with E-state index in [0.29, 0.717) is 6.42 Å². The zero-order valence-corrected chi connectivity index (χ0v) is 15.7. The number of rotatable bonds is 4. The predicted octanol–water partition coefficient (Wildman–Crippen LogP) is 3.85. The topological polar surface area (TPSA) is 99.8 Å². The maximum atomic E-state index is 13.4. The van der Waals surface area contributed by atoms with Gasteiger partial charge in [0.05, 0.1) is 5.69 Å². The number of fused-ring (bicyclic) bond motifs is 1. The molecule has 4 aromatic rings. The molecule has 0 fully saturated rings. The Labute approximate surface area is 168 Å². The van der Waals surface area contributed by atoms with Crippen LogP contribution in [0.3, 0.4) is 0 Å². The lowest BCUT2D eigenvalue weighted by molar-refractivity contribution is -0.141. The molecular formula is C20H16F3N5O2. The quantitative estimate of drug-likeness (QED) is 0.543. The van der Waals surface area contributed by atoms with Crippen molar-refractivity contribution in [3.63, 3.8) is 0 Å². The first kappa shape index (κ1) is 19.6. The molecule has 1 unspecified atom stereocenters. The van der Waals surface area contributed by atoms with Crippen molar-refractivity contribution in [1.82, 2.24) is 19.7 Å². The Balaban J connectivity index is 1.99. The fourth-order valence-corrected chi connectivity index (χ4v) is 3.34. The summed E-state index contributed by atoms with van der Waals surface area (Å²) < 4.78 is 46.0. The summed E-state index contributed by atoms with van der Waals surface area (Å²) in [6.07, 6.45) is -3.03. The number of anilines is 1. The highest BCUT2D eigenvalue weighted by Gasteiger charge is 2.40. The number of benzene rings is 1. The lowest BCUT2D eigenvalue weighted by Gasteiger charge is -2.19. The van der Waals surface area contributed by atoms with Crippen LogP contribution in [0.25, 0.3) is 22.6 Å². The largest absolute Gasteiger partial charge is 0.437 e. The Morgan fingerprint density at radius 3 is 2.57 bits per heavy atom. The highest BCUT2D eigenvalue weighted by atomic mass is 19.4. The first-order valence-corrected chi connectivity index (χ1v) is 9.01. The number of halogens is 3. The molecule has 1 atom stereocenters. The molecule has 1 aromatic carbocycles. The van der Waals surface area contributed by atoms with Crippen molar-refractivity contribution >= 4 is 16.8 Å². The van der Waals surface area contributed by atoms with E-state index >= 15 is 0 Å². The number of hydrogen-bond acceptors (Lipinski definition) is 6. The van der Waals surface area contributed by atoms with Crippen LogP contribution in [0.15, 0.2) is 58.0 Å². The molecule has 0 aliphatic carbocycles. The average Bonchev–Trinajstić information content (AvgIpc) is 3.14. The summed E-state index contributed by atoms with van der Waals surface area (Å²) in [5.74, 6) is 0.0129. The van der Waals surface area contributed by atoms with Crippen LogP contribution in [0.5, 0.6) is 0 Å². The Bertz CT molecular complexity index is 1270. The van der Waals surface area contributed by atoms with Crippen LogP contribution in [-0.4, -0.2) is 19.7 Å². The SMILES string of the molecule is CC(Cc1ccccc1)n1c(-c2ncccc2N)nc2onc(C(F)(F)F)c2c1=O. The van der Waals surface area contributed by atoms with Crippen LogP contribution in [0.2, 0.25) is 0 Å². The minimum absolute atomic E-state index is 0.0129. The summed E-state index contributed by atoms with van der Waals surface area (Å²) in [5.41, 5.74) is 4.45.